The Morgan fingerprint density at radius 2 is 1.72 bits per heavy atom. The zero-order chi connectivity index (χ0) is 34.3. The van der Waals surface area contributed by atoms with E-state index in [1.165, 1.54) is 17.0 Å². The van der Waals surface area contributed by atoms with Gasteiger partial charge >= 0.3 is 0 Å². The van der Waals surface area contributed by atoms with Gasteiger partial charge in [0, 0.05) is 31.1 Å². The molecule has 7 nitrogen and oxygen atoms in total. The Bertz CT molecular complexity index is 1630. The number of amides is 1. The Hall–Kier alpha value is -3.25. The summed E-state index contributed by atoms with van der Waals surface area (Å²) in [6.45, 7) is 10.6. The van der Waals surface area contributed by atoms with E-state index in [-0.39, 0.29) is 72.8 Å². The molecular formula is C35H42ClF3N2O5Si. The summed E-state index contributed by atoms with van der Waals surface area (Å²) in [5.74, 6) is -1.13. The summed E-state index contributed by atoms with van der Waals surface area (Å²) in [4.78, 5) is 16.1. The number of nitrogens with zero attached hydrogens (tertiary/aromatic N) is 2. The highest BCUT2D eigenvalue weighted by Crippen LogP contribution is 2.42. The first-order valence-electron chi connectivity index (χ1n) is 15.7. The highest BCUT2D eigenvalue weighted by molar-refractivity contribution is 6.74. The molecule has 2 aliphatic rings. The first-order valence-corrected chi connectivity index (χ1v) is 19.0. The Morgan fingerprint density at radius 3 is 2.38 bits per heavy atom. The van der Waals surface area contributed by atoms with Gasteiger partial charge in [0.25, 0.3) is 0 Å². The van der Waals surface area contributed by atoms with Crippen LogP contribution in [-0.2, 0) is 22.2 Å². The van der Waals surface area contributed by atoms with E-state index in [0.717, 1.165) is 17.7 Å². The van der Waals surface area contributed by atoms with Gasteiger partial charge in [0.15, 0.2) is 8.32 Å². The molecule has 12 heteroatoms. The van der Waals surface area contributed by atoms with Crippen molar-refractivity contribution in [1.29, 1.82) is 0 Å². The lowest BCUT2D eigenvalue weighted by Crippen LogP contribution is -2.63. The average Bonchev–Trinajstić information content (AvgIpc) is 3.01. The van der Waals surface area contributed by atoms with Gasteiger partial charge in [-0.3, -0.25) is 4.79 Å². The molecular weight excluding hydrogens is 649 g/mol. The minimum atomic E-state index is -2.48. The number of anilines is 2. The van der Waals surface area contributed by atoms with Crippen molar-refractivity contribution in [1.82, 2.24) is 0 Å². The second-order valence-corrected chi connectivity index (χ2v) is 19.0. The number of ether oxygens (including phenoxy) is 2. The number of methoxy groups -OCH3 is 1. The maximum absolute atomic E-state index is 15.4. The fraction of sp³-hybridized carbons (Fsp3) is 0.457. The first kappa shape index (κ1) is 35.1. The maximum Gasteiger partial charge on any atom is 0.227 e. The monoisotopic (exact) mass is 690 g/mol. The number of hydrogen-bond donors (Lipinski definition) is 1. The van der Waals surface area contributed by atoms with Gasteiger partial charge in [0.2, 0.25) is 5.91 Å². The summed E-state index contributed by atoms with van der Waals surface area (Å²) >= 11 is 5.81. The molecule has 3 aromatic rings. The van der Waals surface area contributed by atoms with E-state index in [2.05, 4.69) is 33.9 Å². The Morgan fingerprint density at radius 1 is 1.02 bits per heavy atom. The van der Waals surface area contributed by atoms with Gasteiger partial charge in [0.1, 0.15) is 41.2 Å². The predicted molar refractivity (Wildman–Crippen MR) is 180 cm³/mol. The van der Waals surface area contributed by atoms with Crippen LogP contribution in [0.2, 0.25) is 23.2 Å². The van der Waals surface area contributed by atoms with E-state index in [1.807, 2.05) is 12.1 Å². The first-order chi connectivity index (χ1) is 22.0. The van der Waals surface area contributed by atoms with Crippen molar-refractivity contribution in [2.24, 2.45) is 0 Å². The Kier molecular flexibility index (Phi) is 9.95. The smallest absolute Gasteiger partial charge is 0.227 e. The third kappa shape index (κ3) is 7.28. The molecule has 1 N–H and O–H groups in total. The van der Waals surface area contributed by atoms with Gasteiger partial charge in [-0.2, -0.15) is 0 Å². The van der Waals surface area contributed by atoms with Crippen LogP contribution in [0.5, 0.6) is 11.5 Å². The zero-order valence-electron chi connectivity index (χ0n) is 27.6. The molecule has 5 rings (SSSR count). The number of carbonyl (C=O) groups excluding carboxylic acids is 1. The lowest BCUT2D eigenvalue weighted by Gasteiger charge is -2.49. The molecule has 0 radical (unpaired) electrons. The fourth-order valence-electron chi connectivity index (χ4n) is 5.80. The normalized spacial score (nSPS) is 20.3. The van der Waals surface area contributed by atoms with Crippen LogP contribution in [0, 0.1) is 17.5 Å². The minimum Gasteiger partial charge on any atom is -0.497 e. The van der Waals surface area contributed by atoms with Crippen molar-refractivity contribution in [3.05, 3.63) is 82.1 Å². The highest BCUT2D eigenvalue weighted by Gasteiger charge is 2.49. The molecule has 1 fully saturated rings. The van der Waals surface area contributed by atoms with Gasteiger partial charge < -0.3 is 28.8 Å². The van der Waals surface area contributed by atoms with Gasteiger partial charge in [-0.15, -0.1) is 0 Å². The maximum atomic E-state index is 15.4. The van der Waals surface area contributed by atoms with Crippen molar-refractivity contribution in [2.75, 3.05) is 36.6 Å². The quantitative estimate of drug-likeness (QED) is 0.184. The van der Waals surface area contributed by atoms with Crippen molar-refractivity contribution >= 4 is 37.2 Å². The molecule has 47 heavy (non-hydrogen) atoms. The number of carbonyl (C=O) groups is 1. The molecule has 1 amide bonds. The van der Waals surface area contributed by atoms with Crippen LogP contribution >= 0.6 is 11.6 Å². The number of hydrogen-bond acceptors (Lipinski definition) is 6. The number of halogens is 4. The van der Waals surface area contributed by atoms with Crippen molar-refractivity contribution < 1.29 is 37.0 Å². The highest BCUT2D eigenvalue weighted by atomic mass is 35.5. The van der Waals surface area contributed by atoms with Gasteiger partial charge in [0.05, 0.1) is 36.2 Å². The summed E-state index contributed by atoms with van der Waals surface area (Å²) in [6, 6.07) is 12.0. The van der Waals surface area contributed by atoms with E-state index in [9.17, 15) is 18.7 Å². The average molecular weight is 691 g/mol. The molecule has 0 aliphatic carbocycles. The summed E-state index contributed by atoms with van der Waals surface area (Å²) < 4.78 is 63.0. The topological polar surface area (TPSA) is 71.5 Å². The second kappa shape index (κ2) is 13.3. The third-order valence-corrected chi connectivity index (χ3v) is 14.5. The molecule has 1 saturated heterocycles. The number of rotatable bonds is 9. The van der Waals surface area contributed by atoms with E-state index < -0.39 is 37.5 Å². The molecule has 3 aromatic carbocycles. The van der Waals surface area contributed by atoms with Gasteiger partial charge in [-0.05, 0) is 66.9 Å². The standard InChI is InChI=1S/C35H42ClF3N2O5Si/c1-34(2,3)47(5,6)46-31-20-40(29-18-27(38)25(36)17-28(29)39)16-15-35(31,43)21-45-30-13-12-26(37)33-24(30)11-14-32(42)41(33)19-22-7-9-23(44-4)10-8-22/h7-10,12-13,17-18,31,43H,11,14-16,19-21H2,1-6H3. The second-order valence-electron chi connectivity index (χ2n) is 13.9. The predicted octanol–water partition coefficient (Wildman–Crippen LogP) is 7.66. The SMILES string of the molecule is COc1ccc(CN2C(=O)CCc3c(OCC4(O)CCN(c5cc(F)c(Cl)cc5F)CC4O[Si](C)(C)C(C)(C)C)ccc(F)c32)cc1. The largest absolute Gasteiger partial charge is 0.497 e. The van der Waals surface area contributed by atoms with Gasteiger partial charge in [-0.25, -0.2) is 13.2 Å². The van der Waals surface area contributed by atoms with Gasteiger partial charge in [-0.1, -0.05) is 44.5 Å². The molecule has 2 aliphatic heterocycles. The lowest BCUT2D eigenvalue weighted by molar-refractivity contribution is -0.119. The number of piperidine rings is 1. The number of benzene rings is 3. The molecule has 2 heterocycles. The van der Waals surface area contributed by atoms with Crippen LogP contribution < -0.4 is 19.3 Å². The molecule has 2 unspecified atom stereocenters. The third-order valence-electron chi connectivity index (χ3n) is 9.70. The van der Waals surface area contributed by atoms with Crippen molar-refractivity contribution in [3.8, 4) is 11.5 Å². The molecule has 0 aromatic heterocycles. The molecule has 0 saturated carbocycles. The summed E-state index contributed by atoms with van der Waals surface area (Å²) in [5, 5.41) is 11.6. The zero-order valence-corrected chi connectivity index (χ0v) is 29.4. The van der Waals surface area contributed by atoms with E-state index >= 15 is 4.39 Å². The van der Waals surface area contributed by atoms with Crippen LogP contribution in [0.15, 0.2) is 48.5 Å². The van der Waals surface area contributed by atoms with Crippen LogP contribution in [0.4, 0.5) is 24.5 Å². The Balaban J connectivity index is 1.42. The molecule has 254 valence electrons. The summed E-state index contributed by atoms with van der Waals surface area (Å²) in [7, 11) is -0.909. The van der Waals surface area contributed by atoms with E-state index in [1.54, 1.807) is 24.1 Å². The van der Waals surface area contributed by atoms with Crippen LogP contribution in [0.1, 0.15) is 44.7 Å². The van der Waals surface area contributed by atoms with Crippen molar-refractivity contribution in [2.45, 2.75) is 76.4 Å². The number of fused-ring (bicyclic) bond motifs is 1. The lowest BCUT2D eigenvalue weighted by atomic mass is 9.89. The minimum absolute atomic E-state index is 0.0351. The summed E-state index contributed by atoms with van der Waals surface area (Å²) in [6.07, 6.45) is -0.248. The van der Waals surface area contributed by atoms with Crippen molar-refractivity contribution in [3.63, 3.8) is 0 Å². The fourth-order valence-corrected chi connectivity index (χ4v) is 7.31. The van der Waals surface area contributed by atoms with Crippen LogP contribution in [-0.4, -0.2) is 57.8 Å². The molecule has 0 bridgehead atoms. The van der Waals surface area contributed by atoms with E-state index in [0.29, 0.717) is 17.1 Å². The number of aliphatic hydroxyl groups is 1. The van der Waals surface area contributed by atoms with Crippen LogP contribution in [0.3, 0.4) is 0 Å². The summed E-state index contributed by atoms with van der Waals surface area (Å²) in [5.41, 5.74) is 0.0295. The van der Waals surface area contributed by atoms with E-state index in [4.69, 9.17) is 25.5 Å². The Labute approximate surface area is 280 Å². The van der Waals surface area contributed by atoms with Crippen LogP contribution in [0.25, 0.3) is 0 Å². The molecule has 0 spiro atoms. The molecule has 2 atom stereocenters.